The van der Waals surface area contributed by atoms with Crippen LogP contribution in [0.1, 0.15) is 16.8 Å². The summed E-state index contributed by atoms with van der Waals surface area (Å²) >= 11 is 12.2. The molecule has 0 aliphatic carbocycles. The van der Waals surface area contributed by atoms with Crippen molar-refractivity contribution in [3.63, 3.8) is 0 Å². The highest BCUT2D eigenvalue weighted by molar-refractivity contribution is 7.13. The molecule has 0 aliphatic heterocycles. The molecule has 0 spiro atoms. The van der Waals surface area contributed by atoms with Crippen molar-refractivity contribution < 1.29 is 14.4 Å². The third kappa shape index (κ3) is 5.02. The molecule has 0 unspecified atom stereocenters. The van der Waals surface area contributed by atoms with E-state index < -0.39 is 22.4 Å². The molecular weight excluding hydrogens is 361 g/mol. The zero-order valence-corrected chi connectivity index (χ0v) is 13.9. The molecule has 2 amide bonds. The van der Waals surface area contributed by atoms with E-state index in [1.54, 1.807) is 23.7 Å². The quantitative estimate of drug-likeness (QED) is 0.463. The first-order valence-electron chi connectivity index (χ1n) is 6.38. The second-order valence-corrected chi connectivity index (χ2v) is 6.31. The van der Waals surface area contributed by atoms with Crippen LogP contribution in [-0.2, 0) is 9.59 Å². The average molecular weight is 372 g/mol. The largest absolute Gasteiger partial charge is 0.323 e. The number of hydrogen-bond acceptors (Lipinski definition) is 5. The number of aromatic nitrogens is 1. The van der Waals surface area contributed by atoms with Crippen LogP contribution >= 0.6 is 34.5 Å². The van der Waals surface area contributed by atoms with E-state index >= 15 is 0 Å². The van der Waals surface area contributed by atoms with Crippen LogP contribution in [0.25, 0.3) is 0 Å². The summed E-state index contributed by atoms with van der Waals surface area (Å²) in [7, 11) is 0. The molecule has 1 heterocycles. The summed E-state index contributed by atoms with van der Waals surface area (Å²) < 4.78 is 0. The number of ketones is 1. The lowest BCUT2D eigenvalue weighted by Crippen LogP contribution is -2.21. The van der Waals surface area contributed by atoms with Gasteiger partial charge in [0.2, 0.25) is 5.91 Å². The van der Waals surface area contributed by atoms with Crippen LogP contribution in [0.5, 0.6) is 0 Å². The number of thiazole rings is 1. The second kappa shape index (κ2) is 8.05. The maximum atomic E-state index is 12.3. The number of hydrogen-bond donors (Lipinski definition) is 2. The first kappa shape index (κ1) is 17.4. The number of carbonyl (C=O) groups excluding carboxylic acids is 3. The molecule has 1 aromatic carbocycles. The van der Waals surface area contributed by atoms with Gasteiger partial charge in [0.25, 0.3) is 5.91 Å². The summed E-state index contributed by atoms with van der Waals surface area (Å²) in [5.41, 5.74) is 0.444. The molecule has 2 aromatic rings. The highest BCUT2D eigenvalue weighted by Crippen LogP contribution is 2.19. The lowest BCUT2D eigenvalue weighted by atomic mass is 10.1. The van der Waals surface area contributed by atoms with E-state index in [9.17, 15) is 14.4 Å². The van der Waals surface area contributed by atoms with Gasteiger partial charge in [0.05, 0.1) is 12.1 Å². The van der Waals surface area contributed by atoms with Gasteiger partial charge in [-0.1, -0.05) is 35.3 Å². The van der Waals surface area contributed by atoms with Gasteiger partial charge < -0.3 is 10.6 Å². The van der Waals surface area contributed by atoms with E-state index in [2.05, 4.69) is 15.6 Å². The highest BCUT2D eigenvalue weighted by atomic mass is 35.5. The highest BCUT2D eigenvalue weighted by Gasteiger charge is 2.19. The Morgan fingerprint density at radius 3 is 2.57 bits per heavy atom. The molecule has 9 heteroatoms. The zero-order chi connectivity index (χ0) is 16.8. The number of rotatable bonds is 6. The van der Waals surface area contributed by atoms with Crippen LogP contribution in [0.3, 0.4) is 0 Å². The van der Waals surface area contributed by atoms with E-state index in [4.69, 9.17) is 23.2 Å². The Morgan fingerprint density at radius 1 is 1.17 bits per heavy atom. The van der Waals surface area contributed by atoms with Crippen LogP contribution in [0.4, 0.5) is 10.8 Å². The minimum atomic E-state index is -1.26. The number of alkyl halides is 2. The molecule has 0 bridgehead atoms. The first-order valence-corrected chi connectivity index (χ1v) is 8.13. The van der Waals surface area contributed by atoms with Gasteiger partial charge in [-0.2, -0.15) is 0 Å². The lowest BCUT2D eigenvalue weighted by molar-refractivity contribution is -0.115. The predicted octanol–water partition coefficient (Wildman–Crippen LogP) is 3.10. The third-order valence-corrected chi connectivity index (χ3v) is 3.77. The van der Waals surface area contributed by atoms with E-state index in [-0.39, 0.29) is 17.7 Å². The third-order valence-electron chi connectivity index (χ3n) is 2.68. The van der Waals surface area contributed by atoms with Gasteiger partial charge in [-0.05, 0) is 12.1 Å². The second-order valence-electron chi connectivity index (χ2n) is 4.32. The molecule has 0 fully saturated rings. The predicted molar refractivity (Wildman–Crippen MR) is 90.3 cm³/mol. The van der Waals surface area contributed by atoms with Gasteiger partial charge in [0.1, 0.15) is 0 Å². The summed E-state index contributed by atoms with van der Waals surface area (Å²) in [6, 6.07) is 6.30. The molecular formula is C14H11Cl2N3O3S. The summed E-state index contributed by atoms with van der Waals surface area (Å²) in [6.45, 7) is 0. The van der Waals surface area contributed by atoms with Crippen LogP contribution in [-0.4, -0.2) is 27.4 Å². The minimum Gasteiger partial charge on any atom is -0.323 e. The van der Waals surface area contributed by atoms with Crippen molar-refractivity contribution in [3.05, 3.63) is 41.4 Å². The monoisotopic (exact) mass is 371 g/mol. The van der Waals surface area contributed by atoms with Crippen LogP contribution < -0.4 is 10.6 Å². The number of nitrogens with zero attached hydrogens (tertiary/aromatic N) is 1. The number of nitrogens with one attached hydrogen (secondary N) is 2. The van der Waals surface area contributed by atoms with E-state index in [1.807, 2.05) is 0 Å². The van der Waals surface area contributed by atoms with Crippen molar-refractivity contribution >= 4 is 63.0 Å². The van der Waals surface area contributed by atoms with Gasteiger partial charge in [-0.15, -0.1) is 11.3 Å². The fourth-order valence-corrected chi connectivity index (χ4v) is 2.37. The van der Waals surface area contributed by atoms with Crippen LogP contribution in [0, 0.1) is 0 Å². The van der Waals surface area contributed by atoms with Gasteiger partial charge in [0.15, 0.2) is 15.8 Å². The zero-order valence-electron chi connectivity index (χ0n) is 11.6. The number of Topliss-reactive ketones (excluding diaryl/α,β-unsaturated/α-hetero) is 1. The van der Waals surface area contributed by atoms with Crippen molar-refractivity contribution in [2.45, 2.75) is 11.3 Å². The molecule has 0 saturated carbocycles. The molecule has 0 saturated heterocycles. The van der Waals surface area contributed by atoms with Crippen LogP contribution in [0.2, 0.25) is 0 Å². The Morgan fingerprint density at radius 2 is 1.91 bits per heavy atom. The van der Waals surface area contributed by atoms with Crippen molar-refractivity contribution in [3.8, 4) is 0 Å². The summed E-state index contributed by atoms with van der Waals surface area (Å²) in [4.78, 5) is 38.3. The number of anilines is 2. The van der Waals surface area contributed by atoms with E-state index in [0.29, 0.717) is 5.13 Å². The Kier molecular flexibility index (Phi) is 6.09. The Balaban J connectivity index is 2.07. The molecule has 2 N–H and O–H groups in total. The lowest BCUT2D eigenvalue weighted by Gasteiger charge is -2.10. The van der Waals surface area contributed by atoms with Gasteiger partial charge >= 0.3 is 0 Å². The number of carbonyl (C=O) groups is 3. The Hall–Kier alpha value is -1.96. The topological polar surface area (TPSA) is 88.2 Å². The van der Waals surface area contributed by atoms with Crippen molar-refractivity contribution in [2.24, 2.45) is 0 Å². The van der Waals surface area contributed by atoms with E-state index in [0.717, 1.165) is 0 Å². The molecule has 1 aromatic heterocycles. The van der Waals surface area contributed by atoms with Gasteiger partial charge in [-0.25, -0.2) is 4.98 Å². The van der Waals surface area contributed by atoms with Crippen molar-refractivity contribution in [2.75, 3.05) is 10.6 Å². The molecule has 23 heavy (non-hydrogen) atoms. The van der Waals surface area contributed by atoms with E-state index in [1.165, 1.54) is 23.5 Å². The molecule has 120 valence electrons. The number of para-hydroxylation sites is 1. The number of halogens is 2. The Labute approximate surface area is 145 Å². The maximum Gasteiger partial charge on any atom is 0.257 e. The van der Waals surface area contributed by atoms with Crippen molar-refractivity contribution in [1.29, 1.82) is 0 Å². The summed E-state index contributed by atoms with van der Waals surface area (Å²) in [6.07, 6.45) is 1.17. The Bertz CT molecular complexity index is 720. The fraction of sp³-hybridized carbons (Fsp3) is 0.143. The minimum absolute atomic E-state index is 0.198. The standard InChI is InChI=1S/C14H11Cl2N3O3S/c15-12(16)13(22)18-9-4-2-1-3-8(9)10(20)7-11(21)19-14-17-5-6-23-14/h1-6,12H,7H2,(H,18,22)(H,17,19,21). The fourth-order valence-electron chi connectivity index (χ4n) is 1.71. The SMILES string of the molecule is O=C(CC(=O)c1ccccc1NC(=O)C(Cl)Cl)Nc1nccs1. The molecule has 2 rings (SSSR count). The summed E-state index contributed by atoms with van der Waals surface area (Å²) in [5, 5.41) is 7.08. The molecule has 0 aliphatic rings. The maximum absolute atomic E-state index is 12.3. The number of amides is 2. The molecule has 0 atom stereocenters. The summed E-state index contributed by atoms with van der Waals surface area (Å²) in [5.74, 6) is -1.59. The first-order chi connectivity index (χ1) is 11.0. The van der Waals surface area contributed by atoms with Crippen LogP contribution in [0.15, 0.2) is 35.8 Å². The number of benzene rings is 1. The van der Waals surface area contributed by atoms with Gasteiger partial charge in [0, 0.05) is 17.1 Å². The average Bonchev–Trinajstić information content (AvgIpc) is 3.00. The smallest absolute Gasteiger partial charge is 0.257 e. The molecule has 6 nitrogen and oxygen atoms in total. The van der Waals surface area contributed by atoms with Gasteiger partial charge in [-0.3, -0.25) is 14.4 Å². The normalized spacial score (nSPS) is 10.4. The molecule has 0 radical (unpaired) electrons. The van der Waals surface area contributed by atoms with Crippen molar-refractivity contribution in [1.82, 2.24) is 4.98 Å².